The van der Waals surface area contributed by atoms with Crippen molar-refractivity contribution < 1.29 is 4.73 Å². The van der Waals surface area contributed by atoms with Gasteiger partial charge in [-0.3, -0.25) is 0 Å². The van der Waals surface area contributed by atoms with Gasteiger partial charge < -0.3 is 5.21 Å². The van der Waals surface area contributed by atoms with Gasteiger partial charge in [0.05, 0.1) is 5.39 Å². The van der Waals surface area contributed by atoms with Gasteiger partial charge in [0.25, 0.3) is 4.83 Å². The monoisotopic (exact) mass is 179 g/mol. The van der Waals surface area contributed by atoms with Crippen LogP contribution in [0.5, 0.6) is 0 Å². The fourth-order valence-corrected chi connectivity index (χ4v) is 2.00. The fraction of sp³-hybridized carbons (Fsp3) is 0.222. The lowest BCUT2D eigenvalue weighted by Gasteiger charge is -1.99. The smallest absolute Gasteiger partial charge is 0.280 e. The van der Waals surface area contributed by atoms with E-state index < -0.39 is 0 Å². The molecule has 0 aliphatic carbocycles. The number of hydrogen-bond donors (Lipinski definition) is 0. The highest BCUT2D eigenvalue weighted by Crippen LogP contribution is 2.17. The first kappa shape index (κ1) is 7.55. The molecule has 12 heavy (non-hydrogen) atoms. The first-order valence-electron chi connectivity index (χ1n) is 3.90. The van der Waals surface area contributed by atoms with Crippen LogP contribution in [0, 0.1) is 5.21 Å². The van der Waals surface area contributed by atoms with E-state index in [-0.39, 0.29) is 0 Å². The molecule has 0 fully saturated rings. The SMILES string of the molecule is CCc1cc2ccsc2[n+]([O-])c1. The summed E-state index contributed by atoms with van der Waals surface area (Å²) in [5, 5.41) is 14.3. The molecule has 0 bridgehead atoms. The summed E-state index contributed by atoms with van der Waals surface area (Å²) in [6.45, 7) is 2.05. The van der Waals surface area contributed by atoms with Crippen molar-refractivity contribution in [1.82, 2.24) is 0 Å². The summed E-state index contributed by atoms with van der Waals surface area (Å²) in [4.78, 5) is 0.798. The molecule has 0 aliphatic heterocycles. The van der Waals surface area contributed by atoms with Crippen LogP contribution in [-0.2, 0) is 6.42 Å². The van der Waals surface area contributed by atoms with Crippen LogP contribution in [0.3, 0.4) is 0 Å². The molecule has 0 amide bonds. The Balaban J connectivity index is 2.75. The maximum Gasteiger partial charge on any atom is 0.280 e. The second kappa shape index (κ2) is 2.75. The number of nitrogens with zero attached hydrogens (tertiary/aromatic N) is 1. The topological polar surface area (TPSA) is 26.9 Å². The molecule has 2 aromatic rings. The van der Waals surface area contributed by atoms with E-state index in [0.717, 1.165) is 26.9 Å². The van der Waals surface area contributed by atoms with E-state index in [1.165, 1.54) is 11.3 Å². The predicted molar refractivity (Wildman–Crippen MR) is 50.2 cm³/mol. The van der Waals surface area contributed by atoms with Gasteiger partial charge >= 0.3 is 0 Å². The quantitative estimate of drug-likeness (QED) is 0.486. The minimum absolute atomic E-state index is 0.798. The Morgan fingerprint density at radius 1 is 1.58 bits per heavy atom. The number of aryl methyl sites for hydroxylation is 1. The second-order valence-electron chi connectivity index (χ2n) is 2.71. The number of fused-ring (bicyclic) bond motifs is 1. The molecule has 0 spiro atoms. The molecule has 0 unspecified atom stereocenters. The van der Waals surface area contributed by atoms with Crippen molar-refractivity contribution in [3.8, 4) is 0 Å². The molecule has 0 atom stereocenters. The van der Waals surface area contributed by atoms with Crippen LogP contribution >= 0.6 is 11.3 Å². The van der Waals surface area contributed by atoms with Gasteiger partial charge in [0.2, 0.25) is 0 Å². The van der Waals surface area contributed by atoms with Crippen molar-refractivity contribution in [1.29, 1.82) is 0 Å². The maximum atomic E-state index is 11.3. The van der Waals surface area contributed by atoms with Crippen LogP contribution in [-0.4, -0.2) is 0 Å². The summed E-state index contributed by atoms with van der Waals surface area (Å²) in [6.07, 6.45) is 2.56. The molecule has 0 radical (unpaired) electrons. The minimum atomic E-state index is 0.798. The Kier molecular flexibility index (Phi) is 1.73. The molecule has 0 N–H and O–H groups in total. The first-order valence-corrected chi connectivity index (χ1v) is 4.78. The van der Waals surface area contributed by atoms with E-state index in [1.54, 1.807) is 6.20 Å². The van der Waals surface area contributed by atoms with Crippen molar-refractivity contribution in [2.24, 2.45) is 0 Å². The van der Waals surface area contributed by atoms with Gasteiger partial charge in [0.1, 0.15) is 0 Å². The number of aromatic nitrogens is 1. The zero-order chi connectivity index (χ0) is 8.55. The van der Waals surface area contributed by atoms with E-state index >= 15 is 0 Å². The fourth-order valence-electron chi connectivity index (χ4n) is 1.24. The number of thiophene rings is 1. The largest absolute Gasteiger partial charge is 0.618 e. The van der Waals surface area contributed by atoms with Crippen molar-refractivity contribution in [3.05, 3.63) is 34.5 Å². The molecule has 2 nitrogen and oxygen atoms in total. The Labute approximate surface area is 74.7 Å². The molecule has 62 valence electrons. The average Bonchev–Trinajstić information content (AvgIpc) is 2.52. The van der Waals surface area contributed by atoms with Gasteiger partial charge in [-0.05, 0) is 23.9 Å². The molecule has 3 heteroatoms. The second-order valence-corrected chi connectivity index (χ2v) is 3.60. The predicted octanol–water partition coefficient (Wildman–Crippen LogP) is 2.10. The summed E-state index contributed by atoms with van der Waals surface area (Å²) in [5.74, 6) is 0. The summed E-state index contributed by atoms with van der Waals surface area (Å²) in [5.41, 5.74) is 1.09. The Morgan fingerprint density at radius 2 is 2.42 bits per heavy atom. The highest BCUT2D eigenvalue weighted by Gasteiger charge is 2.05. The zero-order valence-electron chi connectivity index (χ0n) is 6.78. The van der Waals surface area contributed by atoms with Crippen LogP contribution < -0.4 is 4.73 Å². The van der Waals surface area contributed by atoms with Crippen LogP contribution in [0.2, 0.25) is 0 Å². The first-order chi connectivity index (χ1) is 5.81. The van der Waals surface area contributed by atoms with Crippen molar-refractivity contribution >= 4 is 21.6 Å². The molecule has 0 saturated heterocycles. The van der Waals surface area contributed by atoms with Crippen molar-refractivity contribution in [2.45, 2.75) is 13.3 Å². The summed E-state index contributed by atoms with van der Waals surface area (Å²) in [6, 6.07) is 4.05. The van der Waals surface area contributed by atoms with E-state index in [9.17, 15) is 5.21 Å². The lowest BCUT2D eigenvalue weighted by Crippen LogP contribution is -2.25. The standard InChI is InChI=1S/C9H9NOS/c1-2-7-5-8-3-4-12-9(8)10(11)6-7/h3-6H,2H2,1H3. The summed E-state index contributed by atoms with van der Waals surface area (Å²) < 4.78 is 0.957. The van der Waals surface area contributed by atoms with Gasteiger partial charge in [-0.15, -0.1) is 0 Å². The highest BCUT2D eigenvalue weighted by molar-refractivity contribution is 7.16. The Morgan fingerprint density at radius 3 is 3.17 bits per heavy atom. The molecular weight excluding hydrogens is 170 g/mol. The molecule has 0 aromatic carbocycles. The lowest BCUT2D eigenvalue weighted by atomic mass is 10.2. The minimum Gasteiger partial charge on any atom is -0.618 e. The van der Waals surface area contributed by atoms with E-state index in [1.807, 2.05) is 18.4 Å². The maximum absolute atomic E-state index is 11.3. The normalized spacial score (nSPS) is 10.8. The molecule has 0 saturated carbocycles. The summed E-state index contributed by atoms with van der Waals surface area (Å²) in [7, 11) is 0. The van der Waals surface area contributed by atoms with Crippen molar-refractivity contribution in [3.63, 3.8) is 0 Å². The third-order valence-corrected chi connectivity index (χ3v) is 2.82. The summed E-state index contributed by atoms with van der Waals surface area (Å²) >= 11 is 1.48. The van der Waals surface area contributed by atoms with Crippen molar-refractivity contribution in [2.75, 3.05) is 0 Å². The Bertz CT molecular complexity index is 408. The van der Waals surface area contributed by atoms with Gasteiger partial charge in [-0.25, -0.2) is 0 Å². The number of rotatable bonds is 1. The zero-order valence-corrected chi connectivity index (χ0v) is 7.60. The van der Waals surface area contributed by atoms with Crippen LogP contribution in [0.1, 0.15) is 12.5 Å². The molecule has 2 rings (SSSR count). The van der Waals surface area contributed by atoms with E-state index in [0.29, 0.717) is 0 Å². The van der Waals surface area contributed by atoms with Gasteiger partial charge in [0.15, 0.2) is 6.20 Å². The van der Waals surface area contributed by atoms with Gasteiger partial charge in [-0.2, -0.15) is 4.73 Å². The molecular formula is C9H9NOS. The van der Waals surface area contributed by atoms with Gasteiger partial charge in [0, 0.05) is 5.56 Å². The van der Waals surface area contributed by atoms with Crippen LogP contribution in [0.25, 0.3) is 10.2 Å². The van der Waals surface area contributed by atoms with E-state index in [4.69, 9.17) is 0 Å². The molecule has 2 aromatic heterocycles. The number of hydrogen-bond acceptors (Lipinski definition) is 2. The third kappa shape index (κ3) is 1.06. The van der Waals surface area contributed by atoms with E-state index in [2.05, 4.69) is 6.07 Å². The number of pyridine rings is 1. The third-order valence-electron chi connectivity index (χ3n) is 1.91. The molecule has 2 heterocycles. The lowest BCUT2D eigenvalue weighted by molar-refractivity contribution is -0.575. The Hall–Kier alpha value is -1.09. The molecule has 0 aliphatic rings. The van der Waals surface area contributed by atoms with Gasteiger partial charge in [-0.1, -0.05) is 18.3 Å². The van der Waals surface area contributed by atoms with Crippen LogP contribution in [0.15, 0.2) is 23.7 Å². The highest BCUT2D eigenvalue weighted by atomic mass is 32.1. The van der Waals surface area contributed by atoms with Crippen LogP contribution in [0.4, 0.5) is 0 Å². The average molecular weight is 179 g/mol.